The van der Waals surface area contributed by atoms with Crippen LogP contribution in [0.2, 0.25) is 12.6 Å². The van der Waals surface area contributed by atoms with Gasteiger partial charge >= 0.3 is 0 Å². The van der Waals surface area contributed by atoms with Gasteiger partial charge in [0.2, 0.25) is 0 Å². The van der Waals surface area contributed by atoms with Gasteiger partial charge in [-0.15, -0.1) is 0 Å². The second-order valence-electron chi connectivity index (χ2n) is 8.61. The maximum absolute atomic E-state index is 2.66. The molecule has 0 radical (unpaired) electrons. The van der Waals surface area contributed by atoms with Crippen LogP contribution in [0.3, 0.4) is 0 Å². The third-order valence-electron chi connectivity index (χ3n) is 7.13. The van der Waals surface area contributed by atoms with Gasteiger partial charge < -0.3 is 0 Å². The van der Waals surface area contributed by atoms with Crippen molar-refractivity contribution in [3.8, 4) is 0 Å². The predicted molar refractivity (Wildman–Crippen MR) is 117 cm³/mol. The van der Waals surface area contributed by atoms with Gasteiger partial charge in [0.15, 0.2) is 0 Å². The zero-order valence-electron chi connectivity index (χ0n) is 18.3. The zero-order chi connectivity index (χ0) is 19.1. The number of benzene rings is 1. The number of unbranched alkanes of at least 4 members (excludes halogenated alkanes) is 1. The number of allylic oxidation sites excluding steroid dienone is 4. The van der Waals surface area contributed by atoms with E-state index in [1.165, 1.54) is 41.1 Å². The third kappa shape index (κ3) is 3.21. The average Bonchev–Trinajstić information content (AvgIpc) is 2.82. The Hall–Kier alpha value is -1.08. The second-order valence-corrected chi connectivity index (χ2v) is 12.8. The van der Waals surface area contributed by atoms with Crippen LogP contribution in [0.1, 0.15) is 68.4 Å². The number of hydrogen-bond acceptors (Lipinski definition) is 0. The van der Waals surface area contributed by atoms with E-state index in [4.69, 9.17) is 0 Å². The van der Waals surface area contributed by atoms with Crippen molar-refractivity contribution in [1.29, 1.82) is 0 Å². The SMILES string of the molecule is CCCC[Si](C)(C1=C(C)C(C)=CC1C)c1c(C)c(C)c(C)c(C)c1C. The zero-order valence-corrected chi connectivity index (χ0v) is 19.3. The van der Waals surface area contributed by atoms with Crippen LogP contribution < -0.4 is 5.19 Å². The molecular weight excluding hydrogens is 316 g/mol. The minimum Gasteiger partial charge on any atom is -0.0748 e. The van der Waals surface area contributed by atoms with E-state index in [1.54, 1.807) is 27.1 Å². The molecule has 1 aliphatic rings. The summed E-state index contributed by atoms with van der Waals surface area (Å²) in [7, 11) is -1.73. The van der Waals surface area contributed by atoms with Crippen molar-refractivity contribution in [3.05, 3.63) is 50.2 Å². The minimum absolute atomic E-state index is 0.606. The van der Waals surface area contributed by atoms with Crippen molar-refractivity contribution in [3.63, 3.8) is 0 Å². The molecule has 0 spiro atoms. The van der Waals surface area contributed by atoms with Crippen molar-refractivity contribution < 1.29 is 0 Å². The topological polar surface area (TPSA) is 0 Å². The van der Waals surface area contributed by atoms with Gasteiger partial charge in [0, 0.05) is 0 Å². The molecule has 0 aliphatic heterocycles. The second kappa shape index (κ2) is 7.27. The highest BCUT2D eigenvalue weighted by atomic mass is 28.3. The molecule has 0 nitrogen and oxygen atoms in total. The van der Waals surface area contributed by atoms with Gasteiger partial charge in [-0.25, -0.2) is 0 Å². The smallest absolute Gasteiger partial charge is 0.0748 e. The Morgan fingerprint density at radius 2 is 1.32 bits per heavy atom. The largest absolute Gasteiger partial charge is 0.112 e. The maximum atomic E-state index is 2.66. The molecule has 138 valence electrons. The fourth-order valence-corrected chi connectivity index (χ4v) is 11.3. The Balaban J connectivity index is 2.81. The van der Waals surface area contributed by atoms with Crippen molar-refractivity contribution in [2.75, 3.05) is 0 Å². The van der Waals surface area contributed by atoms with Crippen LogP contribution in [0.25, 0.3) is 0 Å². The molecule has 0 saturated heterocycles. The molecular formula is C24H38Si. The molecule has 0 saturated carbocycles. The van der Waals surface area contributed by atoms with Gasteiger partial charge in [-0.05, 0) is 93.4 Å². The summed E-state index contributed by atoms with van der Waals surface area (Å²) in [4.78, 5) is 0. The van der Waals surface area contributed by atoms with Crippen LogP contribution in [0.5, 0.6) is 0 Å². The molecule has 0 bridgehead atoms. The molecule has 0 aromatic heterocycles. The van der Waals surface area contributed by atoms with Crippen molar-refractivity contribution >= 4 is 13.3 Å². The van der Waals surface area contributed by atoms with Gasteiger partial charge in [-0.2, -0.15) is 0 Å². The van der Waals surface area contributed by atoms with E-state index >= 15 is 0 Å². The van der Waals surface area contributed by atoms with E-state index in [0.717, 1.165) is 0 Å². The maximum Gasteiger partial charge on any atom is 0.112 e. The first kappa shape index (κ1) is 20.2. The van der Waals surface area contributed by atoms with E-state index in [0.29, 0.717) is 5.92 Å². The normalized spacial score (nSPS) is 20.1. The third-order valence-corrected chi connectivity index (χ3v) is 12.4. The molecule has 2 rings (SSSR count). The highest BCUT2D eigenvalue weighted by Crippen LogP contribution is 2.40. The molecule has 2 unspecified atom stereocenters. The number of hydrogen-bond donors (Lipinski definition) is 0. The molecule has 25 heavy (non-hydrogen) atoms. The summed E-state index contributed by atoms with van der Waals surface area (Å²) in [5, 5.41) is 3.54. The first-order valence-corrected chi connectivity index (χ1v) is 12.8. The van der Waals surface area contributed by atoms with E-state index < -0.39 is 8.07 Å². The van der Waals surface area contributed by atoms with Gasteiger partial charge in [0.05, 0.1) is 0 Å². The van der Waals surface area contributed by atoms with E-state index in [-0.39, 0.29) is 0 Å². The van der Waals surface area contributed by atoms with Gasteiger partial charge in [0.1, 0.15) is 8.07 Å². The lowest BCUT2D eigenvalue weighted by Gasteiger charge is -2.37. The average molecular weight is 355 g/mol. The highest BCUT2D eigenvalue weighted by Gasteiger charge is 2.41. The molecule has 0 heterocycles. The summed E-state index contributed by atoms with van der Waals surface area (Å²) >= 11 is 0. The van der Waals surface area contributed by atoms with Crippen LogP contribution in [0.15, 0.2) is 22.4 Å². The quantitative estimate of drug-likeness (QED) is 0.512. The predicted octanol–water partition coefficient (Wildman–Crippen LogP) is 6.77. The molecule has 1 aromatic carbocycles. The summed E-state index contributed by atoms with van der Waals surface area (Å²) in [6.45, 7) is 23.8. The molecule has 1 aromatic rings. The summed E-state index contributed by atoms with van der Waals surface area (Å²) in [5.74, 6) is 0.606. The van der Waals surface area contributed by atoms with Crippen molar-refractivity contribution in [2.45, 2.75) is 87.7 Å². The Morgan fingerprint density at radius 3 is 1.72 bits per heavy atom. The number of rotatable bonds is 5. The van der Waals surface area contributed by atoms with E-state index in [9.17, 15) is 0 Å². The Labute approximate surface area is 157 Å². The summed E-state index contributed by atoms with van der Waals surface area (Å²) in [5.41, 5.74) is 10.8. The lowest BCUT2D eigenvalue weighted by atomic mass is 9.95. The minimum atomic E-state index is -1.73. The Morgan fingerprint density at radius 1 is 0.840 bits per heavy atom. The highest BCUT2D eigenvalue weighted by molar-refractivity contribution is 6.97. The molecule has 2 atom stereocenters. The Kier molecular flexibility index (Phi) is 5.88. The fourth-order valence-electron chi connectivity index (χ4n) is 5.31. The molecule has 0 N–H and O–H groups in total. The van der Waals surface area contributed by atoms with E-state index in [2.05, 4.69) is 74.9 Å². The van der Waals surface area contributed by atoms with Gasteiger partial charge in [-0.1, -0.05) is 55.7 Å². The Bertz CT molecular complexity index is 719. The van der Waals surface area contributed by atoms with E-state index in [1.807, 2.05) is 0 Å². The monoisotopic (exact) mass is 354 g/mol. The fraction of sp³-hybridized carbons (Fsp3) is 0.583. The summed E-state index contributed by atoms with van der Waals surface area (Å²) < 4.78 is 0. The first-order chi connectivity index (χ1) is 11.6. The summed E-state index contributed by atoms with van der Waals surface area (Å²) in [6.07, 6.45) is 5.13. The molecule has 0 fully saturated rings. The lowest BCUT2D eigenvalue weighted by Crippen LogP contribution is -2.51. The van der Waals surface area contributed by atoms with Crippen LogP contribution in [0.4, 0.5) is 0 Å². The molecule has 1 aliphatic carbocycles. The van der Waals surface area contributed by atoms with Crippen LogP contribution in [-0.4, -0.2) is 8.07 Å². The van der Waals surface area contributed by atoms with Crippen LogP contribution in [-0.2, 0) is 0 Å². The lowest BCUT2D eigenvalue weighted by molar-refractivity contribution is 0.855. The van der Waals surface area contributed by atoms with Crippen molar-refractivity contribution in [1.82, 2.24) is 0 Å². The van der Waals surface area contributed by atoms with Crippen molar-refractivity contribution in [2.24, 2.45) is 5.92 Å². The van der Waals surface area contributed by atoms with Gasteiger partial charge in [0.25, 0.3) is 0 Å². The molecule has 0 amide bonds. The summed E-state index contributed by atoms with van der Waals surface area (Å²) in [6, 6.07) is 1.38. The van der Waals surface area contributed by atoms with Crippen LogP contribution >= 0.6 is 0 Å². The van der Waals surface area contributed by atoms with Gasteiger partial charge in [-0.3, -0.25) is 0 Å². The standard InChI is InChI=1S/C24H38Si/c1-11-12-13-25(10,23-16(3)14-15(2)17(23)4)24-21(8)19(6)18(5)20(7)22(24)9/h14,16H,11-13H2,1-10H3. The first-order valence-electron chi connectivity index (χ1n) is 10.0. The van der Waals surface area contributed by atoms with Crippen LogP contribution in [0, 0.1) is 40.5 Å². The molecule has 1 heteroatoms.